The van der Waals surface area contributed by atoms with Crippen molar-refractivity contribution in [1.82, 2.24) is 10.2 Å². The Morgan fingerprint density at radius 2 is 2.17 bits per heavy atom. The summed E-state index contributed by atoms with van der Waals surface area (Å²) in [5, 5.41) is 12.5. The van der Waals surface area contributed by atoms with E-state index < -0.39 is 0 Å². The maximum absolute atomic E-state index is 12.3. The second kappa shape index (κ2) is 5.87. The lowest BCUT2D eigenvalue weighted by molar-refractivity contribution is -0.132. The molecule has 0 aliphatic carbocycles. The predicted molar refractivity (Wildman–Crippen MR) is 70.5 cm³/mol. The van der Waals surface area contributed by atoms with Crippen molar-refractivity contribution in [1.29, 1.82) is 0 Å². The van der Waals surface area contributed by atoms with Crippen LogP contribution in [0.3, 0.4) is 0 Å². The number of nitrogens with one attached hydrogen (secondary N) is 1. The molecule has 4 nitrogen and oxygen atoms in total. The Labute approximate surface area is 108 Å². The Hall–Kier alpha value is -1.55. The van der Waals surface area contributed by atoms with E-state index in [-0.39, 0.29) is 11.7 Å². The highest BCUT2D eigenvalue weighted by atomic mass is 16.3. The number of carbonyl (C=O) groups is 1. The van der Waals surface area contributed by atoms with E-state index in [4.69, 9.17) is 0 Å². The quantitative estimate of drug-likeness (QED) is 0.840. The van der Waals surface area contributed by atoms with Crippen molar-refractivity contribution < 1.29 is 9.90 Å². The smallest absolute Gasteiger partial charge is 0.227 e. The zero-order valence-corrected chi connectivity index (χ0v) is 10.7. The molecule has 2 rings (SSSR count). The summed E-state index contributed by atoms with van der Waals surface area (Å²) >= 11 is 0. The third-order valence-corrected chi connectivity index (χ3v) is 3.43. The molecule has 1 amide bonds. The Morgan fingerprint density at radius 3 is 2.72 bits per heavy atom. The first kappa shape index (κ1) is 12.9. The molecule has 0 saturated carbocycles. The summed E-state index contributed by atoms with van der Waals surface area (Å²) in [6.07, 6.45) is 1.44. The summed E-state index contributed by atoms with van der Waals surface area (Å²) in [5.74, 6) is 0.399. The maximum Gasteiger partial charge on any atom is 0.227 e. The Balaban J connectivity index is 1.98. The number of carbonyl (C=O) groups excluding carboxylic acids is 1. The largest absolute Gasteiger partial charge is 0.508 e. The molecule has 0 aromatic heterocycles. The van der Waals surface area contributed by atoms with Gasteiger partial charge in [-0.3, -0.25) is 4.79 Å². The summed E-state index contributed by atoms with van der Waals surface area (Å²) in [6, 6.07) is 7.17. The molecule has 1 aliphatic heterocycles. The molecule has 1 aromatic carbocycles. The number of benzene rings is 1. The number of hydrogen-bond donors (Lipinski definition) is 2. The van der Waals surface area contributed by atoms with E-state index in [1.165, 1.54) is 0 Å². The van der Waals surface area contributed by atoms with Gasteiger partial charge in [0.25, 0.3) is 0 Å². The Bertz CT molecular complexity index is 397. The van der Waals surface area contributed by atoms with Gasteiger partial charge >= 0.3 is 0 Å². The number of amides is 1. The minimum Gasteiger partial charge on any atom is -0.508 e. The maximum atomic E-state index is 12.3. The molecule has 1 aromatic rings. The number of rotatable bonds is 4. The van der Waals surface area contributed by atoms with E-state index in [9.17, 15) is 9.90 Å². The molecule has 0 bridgehead atoms. The van der Waals surface area contributed by atoms with Crippen molar-refractivity contribution >= 4 is 5.91 Å². The van der Waals surface area contributed by atoms with E-state index in [0.717, 1.165) is 31.6 Å². The lowest BCUT2D eigenvalue weighted by atomic mass is 10.1. The van der Waals surface area contributed by atoms with Crippen LogP contribution in [0.5, 0.6) is 5.75 Å². The first-order valence-electron chi connectivity index (χ1n) is 6.48. The standard InChI is InChI=1S/C14H20N2O2/c1-2-16(12-7-8-15-10-12)14(18)9-11-3-5-13(17)6-4-11/h3-6,12,15,17H,2,7-10H2,1H3. The zero-order chi connectivity index (χ0) is 13.0. The topological polar surface area (TPSA) is 52.6 Å². The average molecular weight is 248 g/mol. The molecule has 1 aliphatic rings. The van der Waals surface area contributed by atoms with Crippen molar-refractivity contribution in [2.24, 2.45) is 0 Å². The zero-order valence-electron chi connectivity index (χ0n) is 10.7. The molecule has 2 N–H and O–H groups in total. The van der Waals surface area contributed by atoms with Crippen LogP contribution < -0.4 is 5.32 Å². The van der Waals surface area contributed by atoms with Gasteiger partial charge in [0.15, 0.2) is 0 Å². The molecular weight excluding hydrogens is 228 g/mol. The Kier molecular flexibility index (Phi) is 4.20. The predicted octanol–water partition coefficient (Wildman–Crippen LogP) is 1.15. The van der Waals surface area contributed by atoms with Gasteiger partial charge in [-0.15, -0.1) is 0 Å². The number of phenols is 1. The van der Waals surface area contributed by atoms with Gasteiger partial charge in [-0.25, -0.2) is 0 Å². The van der Waals surface area contributed by atoms with Gasteiger partial charge in [0.2, 0.25) is 5.91 Å². The summed E-state index contributed by atoms with van der Waals surface area (Å²) in [6.45, 7) is 4.67. The van der Waals surface area contributed by atoms with Crippen molar-refractivity contribution in [2.75, 3.05) is 19.6 Å². The monoisotopic (exact) mass is 248 g/mol. The first-order valence-corrected chi connectivity index (χ1v) is 6.48. The summed E-state index contributed by atoms with van der Waals surface area (Å²) in [4.78, 5) is 14.2. The second-order valence-electron chi connectivity index (χ2n) is 4.67. The molecular formula is C14H20N2O2. The molecule has 1 fully saturated rings. The highest BCUT2D eigenvalue weighted by Gasteiger charge is 2.24. The molecule has 0 radical (unpaired) electrons. The molecule has 18 heavy (non-hydrogen) atoms. The fraction of sp³-hybridized carbons (Fsp3) is 0.500. The van der Waals surface area contributed by atoms with Gasteiger partial charge < -0.3 is 15.3 Å². The second-order valence-corrected chi connectivity index (χ2v) is 4.67. The summed E-state index contributed by atoms with van der Waals surface area (Å²) < 4.78 is 0. The van der Waals surface area contributed by atoms with Gasteiger partial charge in [-0.05, 0) is 37.6 Å². The minimum absolute atomic E-state index is 0.164. The van der Waals surface area contributed by atoms with Crippen molar-refractivity contribution in [3.63, 3.8) is 0 Å². The van der Waals surface area contributed by atoms with E-state index in [0.29, 0.717) is 12.5 Å². The molecule has 1 heterocycles. The normalized spacial score (nSPS) is 18.8. The highest BCUT2D eigenvalue weighted by Crippen LogP contribution is 2.14. The molecule has 0 spiro atoms. The van der Waals surface area contributed by atoms with Gasteiger partial charge in [-0.1, -0.05) is 12.1 Å². The van der Waals surface area contributed by atoms with Crippen molar-refractivity contribution in [3.05, 3.63) is 29.8 Å². The van der Waals surface area contributed by atoms with Crippen LogP contribution in [-0.2, 0) is 11.2 Å². The van der Waals surface area contributed by atoms with Gasteiger partial charge in [-0.2, -0.15) is 0 Å². The number of aromatic hydroxyl groups is 1. The number of likely N-dealkylation sites (N-methyl/N-ethyl adjacent to an activating group) is 1. The van der Waals surface area contributed by atoms with Crippen LogP contribution in [0.2, 0.25) is 0 Å². The van der Waals surface area contributed by atoms with E-state index in [1.54, 1.807) is 24.3 Å². The van der Waals surface area contributed by atoms with Crippen LogP contribution in [0.1, 0.15) is 18.9 Å². The fourth-order valence-electron chi connectivity index (χ4n) is 2.43. The average Bonchev–Trinajstić information content (AvgIpc) is 2.87. The lowest BCUT2D eigenvalue weighted by Gasteiger charge is -2.27. The molecule has 1 unspecified atom stereocenters. The van der Waals surface area contributed by atoms with Gasteiger partial charge in [0, 0.05) is 19.1 Å². The number of phenolic OH excluding ortho intramolecular Hbond substituents is 1. The molecule has 1 atom stereocenters. The Morgan fingerprint density at radius 1 is 1.44 bits per heavy atom. The third kappa shape index (κ3) is 3.01. The summed E-state index contributed by atoms with van der Waals surface area (Å²) in [7, 11) is 0. The van der Waals surface area contributed by atoms with E-state index >= 15 is 0 Å². The number of hydrogen-bond acceptors (Lipinski definition) is 3. The SMILES string of the molecule is CCN(C(=O)Cc1ccc(O)cc1)C1CCNC1. The minimum atomic E-state index is 0.164. The van der Waals surface area contributed by atoms with Crippen LogP contribution in [0.15, 0.2) is 24.3 Å². The van der Waals surface area contributed by atoms with Gasteiger partial charge in [0.05, 0.1) is 6.42 Å². The highest BCUT2D eigenvalue weighted by molar-refractivity contribution is 5.79. The van der Waals surface area contributed by atoms with Crippen LogP contribution in [0.25, 0.3) is 0 Å². The van der Waals surface area contributed by atoms with Crippen LogP contribution in [-0.4, -0.2) is 41.6 Å². The third-order valence-electron chi connectivity index (χ3n) is 3.43. The van der Waals surface area contributed by atoms with E-state index in [1.807, 2.05) is 11.8 Å². The van der Waals surface area contributed by atoms with Crippen LogP contribution in [0.4, 0.5) is 0 Å². The fourth-order valence-corrected chi connectivity index (χ4v) is 2.43. The number of nitrogens with zero attached hydrogens (tertiary/aromatic N) is 1. The molecule has 1 saturated heterocycles. The summed E-state index contributed by atoms with van der Waals surface area (Å²) in [5.41, 5.74) is 0.946. The van der Waals surface area contributed by atoms with Crippen LogP contribution >= 0.6 is 0 Å². The van der Waals surface area contributed by atoms with Crippen molar-refractivity contribution in [3.8, 4) is 5.75 Å². The van der Waals surface area contributed by atoms with E-state index in [2.05, 4.69) is 5.32 Å². The first-order chi connectivity index (χ1) is 8.70. The molecule has 4 heteroatoms. The van der Waals surface area contributed by atoms with Gasteiger partial charge in [0.1, 0.15) is 5.75 Å². The van der Waals surface area contributed by atoms with Crippen molar-refractivity contribution in [2.45, 2.75) is 25.8 Å². The molecule has 98 valence electrons. The van der Waals surface area contributed by atoms with Crippen LogP contribution in [0, 0.1) is 0 Å². The lowest BCUT2D eigenvalue weighted by Crippen LogP contribution is -2.42.